The van der Waals surface area contributed by atoms with Crippen LogP contribution in [-0.4, -0.2) is 33.2 Å². The van der Waals surface area contributed by atoms with Crippen molar-refractivity contribution < 1.29 is 32.2 Å². The van der Waals surface area contributed by atoms with Crippen LogP contribution in [0.25, 0.3) is 0 Å². The Labute approximate surface area is 130 Å². The second-order valence-corrected chi connectivity index (χ2v) is 4.91. The maximum Gasteiger partial charge on any atom is 0.416 e. The van der Waals surface area contributed by atoms with Crippen molar-refractivity contribution in [3.8, 4) is 0 Å². The zero-order valence-electron chi connectivity index (χ0n) is 12.6. The van der Waals surface area contributed by atoms with Crippen LogP contribution in [0.4, 0.5) is 18.9 Å². The summed E-state index contributed by atoms with van der Waals surface area (Å²) in [4.78, 5) is 25.4. The van der Waals surface area contributed by atoms with Gasteiger partial charge in [0.25, 0.3) is 0 Å². The van der Waals surface area contributed by atoms with Crippen molar-refractivity contribution >= 4 is 17.6 Å². The average Bonchev–Trinajstić information content (AvgIpc) is 2.51. The van der Waals surface area contributed by atoms with E-state index in [1.165, 1.54) is 17.2 Å². The highest BCUT2D eigenvalue weighted by Gasteiger charge is 2.39. The molecule has 1 unspecified atom stereocenters. The zero-order chi connectivity index (χ0) is 17.4. The second-order valence-electron chi connectivity index (χ2n) is 4.91. The van der Waals surface area contributed by atoms with Gasteiger partial charge in [-0.2, -0.15) is 13.2 Å². The molecular weight excluding hydrogens is 315 g/mol. The molecule has 1 aliphatic rings. The highest BCUT2D eigenvalue weighted by atomic mass is 19.4. The molecule has 0 saturated heterocycles. The molecule has 1 aromatic rings. The van der Waals surface area contributed by atoms with Crippen LogP contribution in [0.15, 0.2) is 30.0 Å². The van der Waals surface area contributed by atoms with Crippen LogP contribution in [0.5, 0.6) is 0 Å². The number of halogens is 3. The lowest BCUT2D eigenvalue weighted by Gasteiger charge is -2.30. The summed E-state index contributed by atoms with van der Waals surface area (Å²) in [6.07, 6.45) is -3.22. The molecule has 0 bridgehead atoms. The summed E-state index contributed by atoms with van der Waals surface area (Å²) in [6.45, 7) is 0. The van der Waals surface area contributed by atoms with E-state index in [2.05, 4.69) is 9.47 Å². The van der Waals surface area contributed by atoms with Crippen LogP contribution in [-0.2, 0) is 25.2 Å². The Hall–Kier alpha value is -2.51. The highest BCUT2D eigenvalue weighted by Crippen LogP contribution is 2.41. The fraction of sp³-hybridized carbons (Fsp3) is 0.333. The fourth-order valence-corrected chi connectivity index (χ4v) is 2.46. The summed E-state index contributed by atoms with van der Waals surface area (Å²) < 4.78 is 48.1. The average molecular weight is 329 g/mol. The molecule has 1 atom stereocenters. The van der Waals surface area contributed by atoms with Gasteiger partial charge in [-0.05, 0) is 23.8 Å². The lowest BCUT2D eigenvalue weighted by molar-refractivity contribution is -0.145. The van der Waals surface area contributed by atoms with Crippen LogP contribution in [0.3, 0.4) is 0 Å². The van der Waals surface area contributed by atoms with Gasteiger partial charge in [0.1, 0.15) is 5.92 Å². The Morgan fingerprint density at radius 3 is 2.35 bits per heavy atom. The van der Waals surface area contributed by atoms with E-state index < -0.39 is 29.6 Å². The second kappa shape index (κ2) is 5.94. The van der Waals surface area contributed by atoms with Crippen molar-refractivity contribution in [3.05, 3.63) is 41.1 Å². The number of ether oxygens (including phenoxy) is 2. The van der Waals surface area contributed by atoms with Crippen LogP contribution < -0.4 is 4.90 Å². The van der Waals surface area contributed by atoms with E-state index in [0.717, 1.165) is 26.4 Å². The smallest absolute Gasteiger partial charge is 0.416 e. The molecule has 2 rings (SSSR count). The molecule has 0 saturated carbocycles. The first-order valence-corrected chi connectivity index (χ1v) is 6.52. The third-order valence-electron chi connectivity index (χ3n) is 3.55. The predicted octanol–water partition coefficient (Wildman–Crippen LogP) is 2.47. The van der Waals surface area contributed by atoms with Gasteiger partial charge in [-0.25, -0.2) is 4.79 Å². The van der Waals surface area contributed by atoms with Gasteiger partial charge in [-0.15, -0.1) is 0 Å². The fourth-order valence-electron chi connectivity index (χ4n) is 2.46. The van der Waals surface area contributed by atoms with E-state index in [4.69, 9.17) is 0 Å². The molecule has 0 fully saturated rings. The lowest BCUT2D eigenvalue weighted by Crippen LogP contribution is -2.30. The Morgan fingerprint density at radius 1 is 1.17 bits per heavy atom. The summed E-state index contributed by atoms with van der Waals surface area (Å²) in [5.74, 6) is -2.92. The van der Waals surface area contributed by atoms with Crippen molar-refractivity contribution in [1.82, 2.24) is 0 Å². The quantitative estimate of drug-likeness (QED) is 0.780. The van der Waals surface area contributed by atoms with Crippen molar-refractivity contribution in [2.75, 3.05) is 26.2 Å². The van der Waals surface area contributed by atoms with Gasteiger partial charge in [-0.3, -0.25) is 4.79 Å². The molecule has 124 valence electrons. The van der Waals surface area contributed by atoms with Crippen LogP contribution in [0.2, 0.25) is 0 Å². The number of methoxy groups -OCH3 is 2. The van der Waals surface area contributed by atoms with Gasteiger partial charge >= 0.3 is 18.1 Å². The first kappa shape index (κ1) is 16.9. The largest absolute Gasteiger partial charge is 0.468 e. The maximum atomic E-state index is 13.0. The zero-order valence-corrected chi connectivity index (χ0v) is 12.6. The van der Waals surface area contributed by atoms with E-state index in [0.29, 0.717) is 5.69 Å². The molecule has 5 nitrogen and oxygen atoms in total. The van der Waals surface area contributed by atoms with Crippen LogP contribution >= 0.6 is 0 Å². The monoisotopic (exact) mass is 329 g/mol. The Bertz CT molecular complexity index is 682. The predicted molar refractivity (Wildman–Crippen MR) is 74.7 cm³/mol. The number of anilines is 1. The van der Waals surface area contributed by atoms with Gasteiger partial charge < -0.3 is 14.4 Å². The van der Waals surface area contributed by atoms with E-state index >= 15 is 0 Å². The number of benzene rings is 1. The molecule has 0 aliphatic carbocycles. The maximum absolute atomic E-state index is 13.0. The number of carbonyl (C=O) groups is 2. The molecule has 0 radical (unpaired) electrons. The molecule has 1 aromatic carbocycles. The van der Waals surface area contributed by atoms with Crippen LogP contribution in [0, 0.1) is 0 Å². The Morgan fingerprint density at radius 2 is 1.83 bits per heavy atom. The number of rotatable bonds is 2. The summed E-state index contributed by atoms with van der Waals surface area (Å²) in [7, 11) is 3.78. The number of alkyl halides is 3. The third-order valence-corrected chi connectivity index (χ3v) is 3.55. The highest BCUT2D eigenvalue weighted by molar-refractivity contribution is 6.01. The van der Waals surface area contributed by atoms with Crippen LogP contribution in [0.1, 0.15) is 17.0 Å². The number of hydrogen-bond donors (Lipinski definition) is 0. The summed E-state index contributed by atoms with van der Waals surface area (Å²) in [6, 6.07) is 3.02. The van der Waals surface area contributed by atoms with E-state index in [1.54, 1.807) is 7.05 Å². The summed E-state index contributed by atoms with van der Waals surface area (Å²) in [5, 5.41) is 0. The minimum absolute atomic E-state index is 0.0390. The molecule has 0 N–H and O–H groups in total. The lowest BCUT2D eigenvalue weighted by atomic mass is 9.86. The van der Waals surface area contributed by atoms with Gasteiger partial charge in [0.15, 0.2) is 0 Å². The van der Waals surface area contributed by atoms with Crippen molar-refractivity contribution in [3.63, 3.8) is 0 Å². The van der Waals surface area contributed by atoms with Crippen molar-refractivity contribution in [2.45, 2.75) is 12.1 Å². The molecular formula is C15H14F3NO4. The number of esters is 2. The standard InChI is InChI=1S/C15H14F3NO4/c1-19-7-10(13(20)22-2)12(14(21)23-3)9-6-8(15(16,17)18)4-5-11(9)19/h4-7,12H,1-3H3. The van der Waals surface area contributed by atoms with Gasteiger partial charge in [0.2, 0.25) is 0 Å². The number of hydrogen-bond acceptors (Lipinski definition) is 5. The third kappa shape index (κ3) is 3.01. The van der Waals surface area contributed by atoms with Gasteiger partial charge in [0.05, 0.1) is 25.4 Å². The van der Waals surface area contributed by atoms with E-state index in [-0.39, 0.29) is 11.1 Å². The number of nitrogens with zero attached hydrogens (tertiary/aromatic N) is 1. The topological polar surface area (TPSA) is 55.8 Å². The molecule has 8 heteroatoms. The normalized spacial score (nSPS) is 17.2. The first-order valence-electron chi connectivity index (χ1n) is 6.52. The Balaban J connectivity index is 2.66. The number of fused-ring (bicyclic) bond motifs is 1. The molecule has 1 aliphatic heterocycles. The molecule has 0 amide bonds. The summed E-state index contributed by atoms with van der Waals surface area (Å²) in [5.41, 5.74) is -0.587. The van der Waals surface area contributed by atoms with Crippen molar-refractivity contribution in [2.24, 2.45) is 0 Å². The van der Waals surface area contributed by atoms with Gasteiger partial charge in [0, 0.05) is 18.9 Å². The Kier molecular flexibility index (Phi) is 4.35. The molecule has 0 spiro atoms. The summed E-state index contributed by atoms with van der Waals surface area (Å²) >= 11 is 0. The van der Waals surface area contributed by atoms with Gasteiger partial charge in [-0.1, -0.05) is 0 Å². The number of carbonyl (C=O) groups excluding carboxylic acids is 2. The molecule has 0 aromatic heterocycles. The first-order chi connectivity index (χ1) is 10.7. The van der Waals surface area contributed by atoms with Crippen molar-refractivity contribution in [1.29, 1.82) is 0 Å². The SMILES string of the molecule is COC(=O)C1=CN(C)c2ccc(C(F)(F)F)cc2C1C(=O)OC. The molecule has 23 heavy (non-hydrogen) atoms. The van der Waals surface area contributed by atoms with E-state index in [1.807, 2.05) is 0 Å². The van der Waals surface area contributed by atoms with E-state index in [9.17, 15) is 22.8 Å². The minimum Gasteiger partial charge on any atom is -0.468 e. The molecule has 1 heterocycles. The minimum atomic E-state index is -4.57.